The highest BCUT2D eigenvalue weighted by molar-refractivity contribution is 8.00. The van der Waals surface area contributed by atoms with Gasteiger partial charge in [-0.2, -0.15) is 0 Å². The Bertz CT molecular complexity index is 481. The third-order valence-electron chi connectivity index (χ3n) is 2.20. The summed E-state index contributed by atoms with van der Waals surface area (Å²) in [4.78, 5) is 13.1. The number of hydrogen-bond donors (Lipinski definition) is 1. The second kappa shape index (κ2) is 6.70. The minimum Gasteiger partial charge on any atom is -0.369 e. The van der Waals surface area contributed by atoms with Crippen LogP contribution in [-0.2, 0) is 5.75 Å². The summed E-state index contributed by atoms with van der Waals surface area (Å²) in [6.07, 6.45) is 4.70. The zero-order valence-electron chi connectivity index (χ0n) is 10.5. The number of thioether (sulfide) groups is 1. The van der Waals surface area contributed by atoms with Crippen LogP contribution in [0.3, 0.4) is 0 Å². The number of nitrogens with zero attached hydrogens (tertiary/aromatic N) is 3. The third-order valence-corrected chi connectivity index (χ3v) is 4.38. The lowest BCUT2D eigenvalue weighted by molar-refractivity contribution is 0.960. The van der Waals surface area contributed by atoms with Gasteiger partial charge < -0.3 is 5.32 Å². The predicted octanol–water partition coefficient (Wildman–Crippen LogP) is 3.36. The first kappa shape index (κ1) is 13.3. The van der Waals surface area contributed by atoms with Gasteiger partial charge in [0.15, 0.2) is 0 Å². The molecule has 0 radical (unpaired) electrons. The molecule has 2 heterocycles. The maximum atomic E-state index is 4.40. The topological polar surface area (TPSA) is 50.7 Å². The van der Waals surface area contributed by atoms with Gasteiger partial charge in [0.1, 0.15) is 10.2 Å². The van der Waals surface area contributed by atoms with Gasteiger partial charge in [-0.1, -0.05) is 18.7 Å². The lowest BCUT2D eigenvalue weighted by Gasteiger charge is -2.03. The fraction of sp³-hybridized carbons (Fsp3) is 0.417. The van der Waals surface area contributed by atoms with Crippen molar-refractivity contribution in [2.45, 2.75) is 30.4 Å². The van der Waals surface area contributed by atoms with E-state index in [0.29, 0.717) is 0 Å². The smallest absolute Gasteiger partial charge is 0.150 e. The highest BCUT2D eigenvalue weighted by Crippen LogP contribution is 2.25. The lowest BCUT2D eigenvalue weighted by atomic mass is 10.4. The minimum atomic E-state index is 0.814. The Morgan fingerprint density at radius 1 is 1.33 bits per heavy atom. The number of thiazole rings is 1. The van der Waals surface area contributed by atoms with Crippen LogP contribution in [0.2, 0.25) is 0 Å². The SMILES string of the molecule is CCCNc1cnc(CSc2nc(C)cs2)cn1. The zero-order valence-corrected chi connectivity index (χ0v) is 12.1. The average molecular weight is 280 g/mol. The molecule has 0 aliphatic rings. The van der Waals surface area contributed by atoms with Crippen molar-refractivity contribution in [1.29, 1.82) is 0 Å². The molecule has 96 valence electrons. The highest BCUT2D eigenvalue weighted by Gasteiger charge is 2.02. The van der Waals surface area contributed by atoms with E-state index >= 15 is 0 Å². The number of rotatable bonds is 6. The monoisotopic (exact) mass is 280 g/mol. The van der Waals surface area contributed by atoms with E-state index in [0.717, 1.165) is 40.3 Å². The van der Waals surface area contributed by atoms with Gasteiger partial charge in [0.25, 0.3) is 0 Å². The number of hydrogen-bond acceptors (Lipinski definition) is 6. The van der Waals surface area contributed by atoms with Gasteiger partial charge in [0.05, 0.1) is 18.1 Å². The van der Waals surface area contributed by atoms with Gasteiger partial charge in [-0.3, -0.25) is 4.98 Å². The quantitative estimate of drug-likeness (QED) is 0.822. The molecule has 6 heteroatoms. The van der Waals surface area contributed by atoms with E-state index in [2.05, 4.69) is 32.6 Å². The Kier molecular flexibility index (Phi) is 4.95. The van der Waals surface area contributed by atoms with Gasteiger partial charge in [0, 0.05) is 23.4 Å². The first-order valence-corrected chi connectivity index (χ1v) is 7.74. The second-order valence-corrected chi connectivity index (χ2v) is 5.94. The van der Waals surface area contributed by atoms with Crippen LogP contribution in [0, 0.1) is 6.92 Å². The summed E-state index contributed by atoms with van der Waals surface area (Å²) in [6, 6.07) is 0. The maximum Gasteiger partial charge on any atom is 0.150 e. The molecule has 4 nitrogen and oxygen atoms in total. The van der Waals surface area contributed by atoms with Crippen molar-refractivity contribution >= 4 is 28.9 Å². The van der Waals surface area contributed by atoms with Gasteiger partial charge in [-0.25, -0.2) is 9.97 Å². The van der Waals surface area contributed by atoms with E-state index in [9.17, 15) is 0 Å². The summed E-state index contributed by atoms with van der Waals surface area (Å²) in [7, 11) is 0. The molecule has 0 fully saturated rings. The van der Waals surface area contributed by atoms with Gasteiger partial charge in [-0.15, -0.1) is 11.3 Å². The second-order valence-electron chi connectivity index (χ2n) is 3.86. The Morgan fingerprint density at radius 2 is 2.22 bits per heavy atom. The molecule has 0 saturated carbocycles. The third kappa shape index (κ3) is 3.96. The zero-order chi connectivity index (χ0) is 12.8. The summed E-state index contributed by atoms with van der Waals surface area (Å²) < 4.78 is 1.09. The van der Waals surface area contributed by atoms with Crippen LogP contribution in [0.5, 0.6) is 0 Å². The van der Waals surface area contributed by atoms with Gasteiger partial charge >= 0.3 is 0 Å². The van der Waals surface area contributed by atoms with Crippen LogP contribution in [0.1, 0.15) is 24.7 Å². The van der Waals surface area contributed by atoms with E-state index in [1.165, 1.54) is 0 Å². The van der Waals surface area contributed by atoms with Crippen LogP contribution >= 0.6 is 23.1 Å². The van der Waals surface area contributed by atoms with Crippen LogP contribution < -0.4 is 5.32 Å². The first-order valence-electron chi connectivity index (χ1n) is 5.87. The van der Waals surface area contributed by atoms with Crippen LogP contribution in [0.4, 0.5) is 5.82 Å². The van der Waals surface area contributed by atoms with Crippen LogP contribution in [-0.4, -0.2) is 21.5 Å². The van der Waals surface area contributed by atoms with E-state index in [-0.39, 0.29) is 0 Å². The molecule has 0 unspecified atom stereocenters. The molecule has 18 heavy (non-hydrogen) atoms. The molecule has 2 rings (SSSR count). The van der Waals surface area contributed by atoms with Crippen molar-refractivity contribution in [3.8, 4) is 0 Å². The molecule has 2 aromatic rings. The highest BCUT2D eigenvalue weighted by atomic mass is 32.2. The summed E-state index contributed by atoms with van der Waals surface area (Å²) in [5.41, 5.74) is 2.06. The number of anilines is 1. The molecular formula is C12H16N4S2. The Labute approximate surface area is 115 Å². The van der Waals surface area contributed by atoms with Crippen molar-refractivity contribution in [3.63, 3.8) is 0 Å². The van der Waals surface area contributed by atoms with Crippen molar-refractivity contribution < 1.29 is 0 Å². The fourth-order valence-corrected chi connectivity index (χ4v) is 3.05. The Morgan fingerprint density at radius 3 is 2.83 bits per heavy atom. The molecule has 0 spiro atoms. The summed E-state index contributed by atoms with van der Waals surface area (Å²) in [6.45, 7) is 5.07. The molecule has 0 saturated heterocycles. The van der Waals surface area contributed by atoms with Crippen molar-refractivity contribution in [2.24, 2.45) is 0 Å². The molecular weight excluding hydrogens is 264 g/mol. The number of aromatic nitrogens is 3. The molecule has 0 atom stereocenters. The minimum absolute atomic E-state index is 0.814. The fourth-order valence-electron chi connectivity index (χ4n) is 1.31. The molecule has 0 aliphatic heterocycles. The number of aryl methyl sites for hydroxylation is 1. The largest absolute Gasteiger partial charge is 0.369 e. The Balaban J connectivity index is 1.86. The van der Waals surface area contributed by atoms with Crippen molar-refractivity contribution in [3.05, 3.63) is 29.2 Å². The van der Waals surface area contributed by atoms with E-state index in [4.69, 9.17) is 0 Å². The summed E-state index contributed by atoms with van der Waals surface area (Å²) >= 11 is 3.38. The van der Waals surface area contributed by atoms with Gasteiger partial charge in [-0.05, 0) is 13.3 Å². The first-order chi connectivity index (χ1) is 8.78. The lowest BCUT2D eigenvalue weighted by Crippen LogP contribution is -2.02. The van der Waals surface area contributed by atoms with E-state index < -0.39 is 0 Å². The molecule has 0 aliphatic carbocycles. The molecule has 0 amide bonds. The standard InChI is InChI=1S/C12H16N4S2/c1-3-4-13-11-6-14-10(5-15-11)8-18-12-16-9(2)7-17-12/h5-7H,3-4,8H2,1-2H3,(H,13,15). The molecule has 2 aromatic heterocycles. The molecule has 1 N–H and O–H groups in total. The molecule has 0 aromatic carbocycles. The summed E-state index contributed by atoms with van der Waals surface area (Å²) in [5, 5.41) is 5.27. The predicted molar refractivity (Wildman–Crippen MR) is 77.2 cm³/mol. The summed E-state index contributed by atoms with van der Waals surface area (Å²) in [5.74, 6) is 1.66. The van der Waals surface area contributed by atoms with E-state index in [1.54, 1.807) is 29.3 Å². The van der Waals surface area contributed by atoms with E-state index in [1.807, 2.05) is 13.1 Å². The Hall–Kier alpha value is -1.14. The molecule has 0 bridgehead atoms. The van der Waals surface area contributed by atoms with Gasteiger partial charge in [0.2, 0.25) is 0 Å². The van der Waals surface area contributed by atoms with Crippen molar-refractivity contribution in [1.82, 2.24) is 15.0 Å². The average Bonchev–Trinajstić information content (AvgIpc) is 2.81. The van der Waals surface area contributed by atoms with Crippen molar-refractivity contribution in [2.75, 3.05) is 11.9 Å². The maximum absolute atomic E-state index is 4.40. The van der Waals surface area contributed by atoms with Crippen LogP contribution in [0.25, 0.3) is 0 Å². The normalized spacial score (nSPS) is 10.6. The number of nitrogens with one attached hydrogen (secondary N) is 1. The van der Waals surface area contributed by atoms with Crippen LogP contribution in [0.15, 0.2) is 22.1 Å².